The maximum atomic E-state index is 13.1. The van der Waals surface area contributed by atoms with Crippen molar-refractivity contribution in [2.45, 2.75) is 19.8 Å². The number of carboxylic acid groups (broad SMARTS) is 1. The van der Waals surface area contributed by atoms with Gasteiger partial charge in [0.05, 0.1) is 5.02 Å². The van der Waals surface area contributed by atoms with Gasteiger partial charge in [0.25, 0.3) is 0 Å². The third-order valence-corrected chi connectivity index (χ3v) is 2.57. The van der Waals surface area contributed by atoms with E-state index in [1.165, 1.54) is 12.1 Å². The topological polar surface area (TPSA) is 66.4 Å². The molecule has 0 spiro atoms. The van der Waals surface area contributed by atoms with Crippen LogP contribution < -0.4 is 5.32 Å². The van der Waals surface area contributed by atoms with Gasteiger partial charge >= 0.3 is 5.97 Å². The molecule has 0 heterocycles. The van der Waals surface area contributed by atoms with Gasteiger partial charge in [-0.05, 0) is 24.1 Å². The molecule has 0 aliphatic heterocycles. The minimum absolute atomic E-state index is 0.0211. The van der Waals surface area contributed by atoms with Gasteiger partial charge in [0.15, 0.2) is 0 Å². The fourth-order valence-electron chi connectivity index (χ4n) is 1.47. The second-order valence-electron chi connectivity index (χ2n) is 4.08. The standard InChI is InChI=1S/C12H13ClFNO3/c1-7(5-12(17)18)4-11(16)15-8-2-3-9(13)10(14)6-8/h2-3,6-7H,4-5H2,1H3,(H,15,16)(H,17,18). The van der Waals surface area contributed by atoms with E-state index in [0.717, 1.165) is 6.07 Å². The van der Waals surface area contributed by atoms with Gasteiger partial charge in [0, 0.05) is 18.5 Å². The van der Waals surface area contributed by atoms with Gasteiger partial charge in [0.2, 0.25) is 5.91 Å². The Hall–Kier alpha value is -1.62. The van der Waals surface area contributed by atoms with Crippen LogP contribution in [0.3, 0.4) is 0 Å². The summed E-state index contributed by atoms with van der Waals surface area (Å²) >= 11 is 5.51. The maximum absolute atomic E-state index is 13.1. The molecule has 1 amide bonds. The molecule has 0 radical (unpaired) electrons. The largest absolute Gasteiger partial charge is 0.481 e. The summed E-state index contributed by atoms with van der Waals surface area (Å²) in [5.74, 6) is -2.20. The third kappa shape index (κ3) is 4.71. The van der Waals surface area contributed by atoms with E-state index in [4.69, 9.17) is 16.7 Å². The Morgan fingerprint density at radius 3 is 2.67 bits per heavy atom. The zero-order chi connectivity index (χ0) is 13.7. The molecule has 18 heavy (non-hydrogen) atoms. The average Bonchev–Trinajstić information content (AvgIpc) is 2.21. The molecule has 1 atom stereocenters. The minimum Gasteiger partial charge on any atom is -0.481 e. The number of nitrogens with one attached hydrogen (secondary N) is 1. The van der Waals surface area contributed by atoms with Crippen LogP contribution in [0.4, 0.5) is 10.1 Å². The number of aliphatic carboxylic acids is 1. The Balaban J connectivity index is 2.54. The monoisotopic (exact) mass is 273 g/mol. The van der Waals surface area contributed by atoms with Crippen LogP contribution in [0, 0.1) is 11.7 Å². The first kappa shape index (κ1) is 14.4. The fourth-order valence-corrected chi connectivity index (χ4v) is 1.59. The van der Waals surface area contributed by atoms with E-state index in [9.17, 15) is 14.0 Å². The molecule has 4 nitrogen and oxygen atoms in total. The molecule has 6 heteroatoms. The number of rotatable bonds is 5. The lowest BCUT2D eigenvalue weighted by molar-refractivity contribution is -0.138. The minimum atomic E-state index is -0.951. The van der Waals surface area contributed by atoms with Crippen molar-refractivity contribution in [1.82, 2.24) is 0 Å². The molecule has 1 unspecified atom stereocenters. The average molecular weight is 274 g/mol. The van der Waals surface area contributed by atoms with E-state index in [1.807, 2.05) is 0 Å². The Morgan fingerprint density at radius 1 is 1.44 bits per heavy atom. The Bertz CT molecular complexity index is 465. The number of halogens is 2. The molecule has 1 aromatic rings. The highest BCUT2D eigenvalue weighted by atomic mass is 35.5. The highest BCUT2D eigenvalue weighted by molar-refractivity contribution is 6.30. The second-order valence-corrected chi connectivity index (χ2v) is 4.49. The normalized spacial score (nSPS) is 11.9. The highest BCUT2D eigenvalue weighted by Crippen LogP contribution is 2.19. The lowest BCUT2D eigenvalue weighted by Gasteiger charge is -2.09. The number of anilines is 1. The van der Waals surface area contributed by atoms with E-state index < -0.39 is 11.8 Å². The number of carbonyl (C=O) groups is 2. The lowest BCUT2D eigenvalue weighted by Crippen LogP contribution is -2.17. The van der Waals surface area contributed by atoms with Crippen molar-refractivity contribution in [3.05, 3.63) is 29.0 Å². The van der Waals surface area contributed by atoms with Crippen molar-refractivity contribution in [2.75, 3.05) is 5.32 Å². The van der Waals surface area contributed by atoms with Crippen LogP contribution in [0.25, 0.3) is 0 Å². The number of hydrogen-bond acceptors (Lipinski definition) is 2. The Labute approximate surface area is 109 Å². The van der Waals surface area contributed by atoms with Gasteiger partial charge in [-0.2, -0.15) is 0 Å². The molecular weight excluding hydrogens is 261 g/mol. The lowest BCUT2D eigenvalue weighted by atomic mass is 10.0. The SMILES string of the molecule is CC(CC(=O)O)CC(=O)Nc1ccc(Cl)c(F)c1. The quantitative estimate of drug-likeness (QED) is 0.867. The van der Waals surface area contributed by atoms with Gasteiger partial charge < -0.3 is 10.4 Å². The van der Waals surface area contributed by atoms with Gasteiger partial charge in [-0.1, -0.05) is 18.5 Å². The van der Waals surface area contributed by atoms with E-state index in [1.54, 1.807) is 6.92 Å². The van der Waals surface area contributed by atoms with Crippen LogP contribution in [0.1, 0.15) is 19.8 Å². The Kier molecular flexibility index (Phi) is 5.09. The summed E-state index contributed by atoms with van der Waals surface area (Å²) in [4.78, 5) is 22.0. The summed E-state index contributed by atoms with van der Waals surface area (Å²) < 4.78 is 13.1. The van der Waals surface area contributed by atoms with E-state index in [0.29, 0.717) is 5.69 Å². The molecule has 0 aliphatic carbocycles. The van der Waals surface area contributed by atoms with Gasteiger partial charge in [-0.3, -0.25) is 9.59 Å². The summed E-state index contributed by atoms with van der Waals surface area (Å²) in [6.07, 6.45) is -0.0149. The van der Waals surface area contributed by atoms with Crippen LogP contribution in [-0.4, -0.2) is 17.0 Å². The maximum Gasteiger partial charge on any atom is 0.303 e. The molecule has 0 bridgehead atoms. The molecule has 1 aromatic carbocycles. The first-order chi connectivity index (χ1) is 8.38. The highest BCUT2D eigenvalue weighted by Gasteiger charge is 2.13. The van der Waals surface area contributed by atoms with Crippen LogP contribution >= 0.6 is 11.6 Å². The molecule has 0 aromatic heterocycles. The summed E-state index contributed by atoms with van der Waals surface area (Å²) in [6, 6.07) is 3.93. The van der Waals surface area contributed by atoms with Crippen molar-refractivity contribution in [3.63, 3.8) is 0 Å². The van der Waals surface area contributed by atoms with Crippen LogP contribution in [-0.2, 0) is 9.59 Å². The van der Waals surface area contributed by atoms with Gasteiger partial charge in [-0.25, -0.2) is 4.39 Å². The molecule has 2 N–H and O–H groups in total. The number of carboxylic acids is 1. The van der Waals surface area contributed by atoms with Crippen LogP contribution in [0.15, 0.2) is 18.2 Å². The number of hydrogen-bond donors (Lipinski definition) is 2. The molecule has 1 rings (SSSR count). The van der Waals surface area contributed by atoms with Gasteiger partial charge in [0.1, 0.15) is 5.82 Å². The first-order valence-electron chi connectivity index (χ1n) is 5.35. The predicted octanol–water partition coefficient (Wildman–Crippen LogP) is 2.92. The Morgan fingerprint density at radius 2 is 2.11 bits per heavy atom. The van der Waals surface area contributed by atoms with Crippen molar-refractivity contribution in [1.29, 1.82) is 0 Å². The van der Waals surface area contributed by atoms with Gasteiger partial charge in [-0.15, -0.1) is 0 Å². The van der Waals surface area contributed by atoms with E-state index >= 15 is 0 Å². The van der Waals surface area contributed by atoms with Crippen LogP contribution in [0.5, 0.6) is 0 Å². The summed E-state index contributed by atoms with van der Waals surface area (Å²) in [5, 5.41) is 11.0. The second kappa shape index (κ2) is 6.35. The van der Waals surface area contributed by atoms with Crippen molar-refractivity contribution in [2.24, 2.45) is 5.92 Å². The molecule has 0 saturated carbocycles. The summed E-state index contributed by atoms with van der Waals surface area (Å²) in [7, 11) is 0. The molecule has 0 saturated heterocycles. The number of benzene rings is 1. The molecular formula is C12H13ClFNO3. The fraction of sp³-hybridized carbons (Fsp3) is 0.333. The summed E-state index contributed by atoms with van der Waals surface area (Å²) in [6.45, 7) is 1.66. The van der Waals surface area contributed by atoms with E-state index in [2.05, 4.69) is 5.32 Å². The van der Waals surface area contributed by atoms with E-state index in [-0.39, 0.29) is 29.7 Å². The van der Waals surface area contributed by atoms with Crippen molar-refractivity contribution < 1.29 is 19.1 Å². The first-order valence-corrected chi connectivity index (χ1v) is 5.73. The number of amides is 1. The number of carbonyl (C=O) groups excluding carboxylic acids is 1. The third-order valence-electron chi connectivity index (χ3n) is 2.26. The van der Waals surface area contributed by atoms with Crippen molar-refractivity contribution >= 4 is 29.2 Å². The van der Waals surface area contributed by atoms with Crippen LogP contribution in [0.2, 0.25) is 5.02 Å². The van der Waals surface area contributed by atoms with Crippen molar-refractivity contribution in [3.8, 4) is 0 Å². The smallest absolute Gasteiger partial charge is 0.303 e. The molecule has 0 aliphatic rings. The predicted molar refractivity (Wildman–Crippen MR) is 66.1 cm³/mol. The molecule has 98 valence electrons. The summed E-state index contributed by atoms with van der Waals surface area (Å²) in [5.41, 5.74) is 0.296. The zero-order valence-electron chi connectivity index (χ0n) is 9.74. The zero-order valence-corrected chi connectivity index (χ0v) is 10.5. The molecule has 0 fully saturated rings.